The highest BCUT2D eigenvalue weighted by molar-refractivity contribution is 5.80. The summed E-state index contributed by atoms with van der Waals surface area (Å²) in [6.45, 7) is 1.19. The molecule has 0 saturated carbocycles. The van der Waals surface area contributed by atoms with Gasteiger partial charge >= 0.3 is 0 Å². The van der Waals surface area contributed by atoms with Crippen LogP contribution in [-0.2, 0) is 4.79 Å². The van der Waals surface area contributed by atoms with E-state index in [1.54, 1.807) is 0 Å². The third-order valence-corrected chi connectivity index (χ3v) is 2.08. The van der Waals surface area contributed by atoms with Gasteiger partial charge in [-0.2, -0.15) is 0 Å². The zero-order valence-electron chi connectivity index (χ0n) is 8.55. The first kappa shape index (κ1) is 11.7. The van der Waals surface area contributed by atoms with Crippen LogP contribution >= 0.6 is 0 Å². The lowest BCUT2D eigenvalue weighted by molar-refractivity contribution is -0.129. The number of carbonyl (C=O) groups excluding carboxylic acids is 1. The summed E-state index contributed by atoms with van der Waals surface area (Å²) in [5, 5.41) is 20.7. The Morgan fingerprint density at radius 1 is 1.40 bits per heavy atom. The van der Waals surface area contributed by atoms with Crippen molar-refractivity contribution in [3.05, 3.63) is 35.9 Å². The van der Waals surface area contributed by atoms with Crippen LogP contribution in [0.2, 0.25) is 0 Å². The molecule has 0 unspecified atom stereocenters. The van der Waals surface area contributed by atoms with Gasteiger partial charge in [0.15, 0.2) is 0 Å². The number of hydrogen-bond acceptors (Lipinski definition) is 3. The monoisotopic (exact) mass is 209 g/mol. The number of nitrogens with one attached hydrogen (secondary N) is 1. The molecule has 1 amide bonds. The summed E-state index contributed by atoms with van der Waals surface area (Å²) in [5.74, 6) is -0.488. The Labute approximate surface area is 88.6 Å². The lowest BCUT2D eigenvalue weighted by Crippen LogP contribution is -2.37. The van der Waals surface area contributed by atoms with Crippen LogP contribution in [0.25, 0.3) is 0 Å². The van der Waals surface area contributed by atoms with E-state index in [-0.39, 0.29) is 6.61 Å². The first-order valence-corrected chi connectivity index (χ1v) is 4.79. The van der Waals surface area contributed by atoms with Crippen molar-refractivity contribution in [2.75, 3.05) is 6.61 Å². The van der Waals surface area contributed by atoms with Crippen molar-refractivity contribution in [2.45, 2.75) is 19.1 Å². The molecule has 0 aliphatic heterocycles. The largest absolute Gasteiger partial charge is 0.394 e. The van der Waals surface area contributed by atoms with Crippen LogP contribution in [0.4, 0.5) is 0 Å². The average Bonchev–Trinajstić information content (AvgIpc) is 2.26. The zero-order chi connectivity index (χ0) is 11.3. The van der Waals surface area contributed by atoms with Gasteiger partial charge in [-0.15, -0.1) is 0 Å². The summed E-state index contributed by atoms with van der Waals surface area (Å²) in [7, 11) is 0. The van der Waals surface area contributed by atoms with E-state index in [9.17, 15) is 4.79 Å². The Morgan fingerprint density at radius 2 is 2.00 bits per heavy atom. The first-order chi connectivity index (χ1) is 7.15. The van der Waals surface area contributed by atoms with E-state index < -0.39 is 18.1 Å². The summed E-state index contributed by atoms with van der Waals surface area (Å²) < 4.78 is 0. The molecule has 15 heavy (non-hydrogen) atoms. The molecule has 4 nitrogen and oxygen atoms in total. The number of hydrogen-bond donors (Lipinski definition) is 3. The van der Waals surface area contributed by atoms with E-state index in [0.717, 1.165) is 5.56 Å². The average molecular weight is 209 g/mol. The van der Waals surface area contributed by atoms with Gasteiger partial charge in [0.2, 0.25) is 5.91 Å². The van der Waals surface area contributed by atoms with Gasteiger partial charge in [0, 0.05) is 0 Å². The van der Waals surface area contributed by atoms with E-state index in [0.29, 0.717) is 0 Å². The first-order valence-electron chi connectivity index (χ1n) is 4.79. The predicted molar refractivity (Wildman–Crippen MR) is 56.1 cm³/mol. The van der Waals surface area contributed by atoms with Gasteiger partial charge in [0.1, 0.15) is 6.10 Å². The van der Waals surface area contributed by atoms with Crippen LogP contribution in [0.3, 0.4) is 0 Å². The molecular weight excluding hydrogens is 194 g/mol. The topological polar surface area (TPSA) is 69.6 Å². The van der Waals surface area contributed by atoms with Crippen LogP contribution in [0.5, 0.6) is 0 Å². The molecule has 1 aromatic rings. The maximum absolute atomic E-state index is 11.2. The molecule has 4 heteroatoms. The third-order valence-electron chi connectivity index (χ3n) is 2.08. The summed E-state index contributed by atoms with van der Waals surface area (Å²) in [6.07, 6.45) is -1.07. The van der Waals surface area contributed by atoms with Crippen molar-refractivity contribution in [1.82, 2.24) is 5.32 Å². The molecule has 0 aliphatic carbocycles. The Kier molecular flexibility index (Phi) is 4.27. The van der Waals surface area contributed by atoms with Crippen molar-refractivity contribution in [1.29, 1.82) is 0 Å². The quantitative estimate of drug-likeness (QED) is 0.664. The zero-order valence-corrected chi connectivity index (χ0v) is 8.55. The normalized spacial score (nSPS) is 14.3. The number of aliphatic hydroxyl groups is 2. The SMILES string of the molecule is C[C@@H](O)C(=O)N[C@@H](CO)c1ccccc1. The molecule has 3 N–H and O–H groups in total. The van der Waals surface area contributed by atoms with E-state index in [4.69, 9.17) is 10.2 Å². The minimum Gasteiger partial charge on any atom is -0.394 e. The Hall–Kier alpha value is -1.39. The minimum atomic E-state index is -1.07. The smallest absolute Gasteiger partial charge is 0.249 e. The molecular formula is C11H15NO3. The number of benzene rings is 1. The summed E-state index contributed by atoms with van der Waals surface area (Å²) in [5.41, 5.74) is 0.814. The molecule has 1 rings (SSSR count). The van der Waals surface area contributed by atoms with Crippen molar-refractivity contribution in [3.8, 4) is 0 Å². The van der Waals surface area contributed by atoms with Gasteiger partial charge in [0.25, 0.3) is 0 Å². The van der Waals surface area contributed by atoms with Crippen molar-refractivity contribution in [2.24, 2.45) is 0 Å². The maximum atomic E-state index is 11.2. The fraction of sp³-hybridized carbons (Fsp3) is 0.364. The molecule has 0 fully saturated rings. The van der Waals surface area contributed by atoms with Crippen LogP contribution < -0.4 is 5.32 Å². The maximum Gasteiger partial charge on any atom is 0.249 e. The van der Waals surface area contributed by atoms with Gasteiger partial charge < -0.3 is 15.5 Å². The second-order valence-electron chi connectivity index (χ2n) is 3.33. The minimum absolute atomic E-state index is 0.192. The highest BCUT2D eigenvalue weighted by Crippen LogP contribution is 2.11. The Balaban J connectivity index is 2.69. The predicted octanol–water partition coefficient (Wildman–Crippen LogP) is 0.217. The van der Waals surface area contributed by atoms with Crippen LogP contribution in [0, 0.1) is 0 Å². The van der Waals surface area contributed by atoms with Crippen LogP contribution in [-0.4, -0.2) is 28.8 Å². The fourth-order valence-electron chi connectivity index (χ4n) is 1.21. The van der Waals surface area contributed by atoms with Crippen LogP contribution in [0.1, 0.15) is 18.5 Å². The lowest BCUT2D eigenvalue weighted by atomic mass is 10.1. The third kappa shape index (κ3) is 3.34. The molecule has 2 atom stereocenters. The van der Waals surface area contributed by atoms with Crippen molar-refractivity contribution >= 4 is 5.91 Å². The van der Waals surface area contributed by atoms with Gasteiger partial charge in [-0.05, 0) is 12.5 Å². The standard InChI is InChI=1S/C11H15NO3/c1-8(14)11(15)12-10(7-13)9-5-3-2-4-6-9/h2-6,8,10,13-14H,7H2,1H3,(H,12,15)/t8-,10+/m1/s1. The molecule has 0 aromatic heterocycles. The Bertz CT molecular complexity index is 311. The van der Waals surface area contributed by atoms with Crippen molar-refractivity contribution in [3.63, 3.8) is 0 Å². The molecule has 82 valence electrons. The highest BCUT2D eigenvalue weighted by Gasteiger charge is 2.15. The van der Waals surface area contributed by atoms with E-state index in [1.165, 1.54) is 6.92 Å². The molecule has 0 radical (unpaired) electrons. The second kappa shape index (κ2) is 5.48. The van der Waals surface area contributed by atoms with Gasteiger partial charge in [-0.1, -0.05) is 30.3 Å². The molecule has 0 bridgehead atoms. The summed E-state index contributed by atoms with van der Waals surface area (Å²) in [6, 6.07) is 8.66. The number of rotatable bonds is 4. The summed E-state index contributed by atoms with van der Waals surface area (Å²) >= 11 is 0. The molecule has 0 saturated heterocycles. The highest BCUT2D eigenvalue weighted by atomic mass is 16.3. The van der Waals surface area contributed by atoms with Crippen molar-refractivity contribution < 1.29 is 15.0 Å². The van der Waals surface area contributed by atoms with E-state index in [1.807, 2.05) is 30.3 Å². The molecule has 1 aromatic carbocycles. The lowest BCUT2D eigenvalue weighted by Gasteiger charge is -2.17. The summed E-state index contributed by atoms with van der Waals surface area (Å²) in [4.78, 5) is 11.2. The van der Waals surface area contributed by atoms with Gasteiger partial charge in [-0.25, -0.2) is 0 Å². The van der Waals surface area contributed by atoms with Gasteiger partial charge in [-0.3, -0.25) is 4.79 Å². The number of carbonyl (C=O) groups is 1. The Morgan fingerprint density at radius 3 is 2.47 bits per heavy atom. The molecule has 0 heterocycles. The number of aliphatic hydroxyl groups excluding tert-OH is 2. The second-order valence-corrected chi connectivity index (χ2v) is 3.33. The fourth-order valence-corrected chi connectivity index (χ4v) is 1.21. The molecule has 0 aliphatic rings. The molecule has 0 spiro atoms. The van der Waals surface area contributed by atoms with E-state index >= 15 is 0 Å². The van der Waals surface area contributed by atoms with Gasteiger partial charge in [0.05, 0.1) is 12.6 Å². The van der Waals surface area contributed by atoms with Crippen LogP contribution in [0.15, 0.2) is 30.3 Å². The number of amides is 1. The van der Waals surface area contributed by atoms with E-state index in [2.05, 4.69) is 5.32 Å².